The lowest BCUT2D eigenvalue weighted by atomic mass is 9.82. The third-order valence-electron chi connectivity index (χ3n) is 3.07. The lowest BCUT2D eigenvalue weighted by Gasteiger charge is -2.37. The average Bonchev–Trinajstić information content (AvgIpc) is 2.60. The highest BCUT2D eigenvalue weighted by Gasteiger charge is 2.47. The SMILES string of the molecule is [2H]CN1CCC[C@]1(C(N)=O)[C@H](C)CO. The number of primary amides is 1. The van der Waals surface area contributed by atoms with Crippen LogP contribution in [0.1, 0.15) is 21.1 Å². The highest BCUT2D eigenvalue weighted by Crippen LogP contribution is 2.34. The minimum absolute atomic E-state index is 0.0628. The Morgan fingerprint density at radius 1 is 1.92 bits per heavy atom. The Labute approximate surface area is 80.1 Å². The molecular weight excluding hydrogens is 168 g/mol. The number of hydrogen-bond acceptors (Lipinski definition) is 3. The van der Waals surface area contributed by atoms with Crippen LogP contribution in [0.4, 0.5) is 0 Å². The highest BCUT2D eigenvalue weighted by atomic mass is 16.3. The maximum absolute atomic E-state index is 11.5. The third-order valence-corrected chi connectivity index (χ3v) is 3.07. The largest absolute Gasteiger partial charge is 0.396 e. The predicted molar refractivity (Wildman–Crippen MR) is 50.0 cm³/mol. The first-order valence-electron chi connectivity index (χ1n) is 5.25. The maximum atomic E-state index is 11.5. The second kappa shape index (κ2) is 3.64. The van der Waals surface area contributed by atoms with Gasteiger partial charge < -0.3 is 10.8 Å². The van der Waals surface area contributed by atoms with Gasteiger partial charge in [-0.3, -0.25) is 9.69 Å². The van der Waals surface area contributed by atoms with E-state index >= 15 is 0 Å². The number of carbonyl (C=O) groups excluding carboxylic acids is 1. The summed E-state index contributed by atoms with van der Waals surface area (Å²) in [5.74, 6) is -0.614. The molecule has 0 saturated carbocycles. The van der Waals surface area contributed by atoms with E-state index in [1.54, 1.807) is 11.8 Å². The molecule has 1 heterocycles. The van der Waals surface area contributed by atoms with Crippen molar-refractivity contribution in [3.05, 3.63) is 0 Å². The van der Waals surface area contributed by atoms with Crippen molar-refractivity contribution in [3.63, 3.8) is 0 Å². The van der Waals surface area contributed by atoms with Gasteiger partial charge in [-0.2, -0.15) is 0 Å². The molecular formula is C9H18N2O2. The summed E-state index contributed by atoms with van der Waals surface area (Å²) in [5.41, 5.74) is 4.61. The first kappa shape index (κ1) is 8.97. The molecule has 0 spiro atoms. The molecule has 0 radical (unpaired) electrons. The molecule has 1 amide bonds. The smallest absolute Gasteiger partial charge is 0.238 e. The van der Waals surface area contributed by atoms with Crippen molar-refractivity contribution >= 4 is 5.91 Å². The molecule has 0 bridgehead atoms. The minimum atomic E-state index is -0.795. The fourth-order valence-corrected chi connectivity index (χ4v) is 2.13. The Hall–Kier alpha value is -0.610. The minimum Gasteiger partial charge on any atom is -0.396 e. The number of nitrogens with two attached hydrogens (primary N) is 1. The van der Waals surface area contributed by atoms with Crippen molar-refractivity contribution in [2.45, 2.75) is 25.3 Å². The Morgan fingerprint density at radius 2 is 2.62 bits per heavy atom. The van der Waals surface area contributed by atoms with Gasteiger partial charge in [-0.1, -0.05) is 6.92 Å². The summed E-state index contributed by atoms with van der Waals surface area (Å²) in [4.78, 5) is 13.2. The molecule has 3 N–H and O–H groups in total. The van der Waals surface area contributed by atoms with Crippen LogP contribution in [0.2, 0.25) is 0 Å². The van der Waals surface area contributed by atoms with Gasteiger partial charge >= 0.3 is 0 Å². The number of rotatable bonds is 3. The van der Waals surface area contributed by atoms with E-state index in [1.807, 2.05) is 0 Å². The second-order valence-electron chi connectivity index (χ2n) is 3.74. The summed E-state index contributed by atoms with van der Waals surface area (Å²) in [6.07, 6.45) is 1.52. The van der Waals surface area contributed by atoms with E-state index in [0.29, 0.717) is 6.42 Å². The molecule has 1 saturated heterocycles. The number of carbonyl (C=O) groups is 1. The molecule has 4 nitrogen and oxygen atoms in total. The van der Waals surface area contributed by atoms with Crippen molar-refractivity contribution in [3.8, 4) is 0 Å². The number of aliphatic hydroxyl groups is 1. The van der Waals surface area contributed by atoms with E-state index in [9.17, 15) is 4.79 Å². The zero-order valence-electron chi connectivity index (χ0n) is 8.99. The Morgan fingerprint density at radius 3 is 3.08 bits per heavy atom. The molecule has 13 heavy (non-hydrogen) atoms. The van der Waals surface area contributed by atoms with Crippen LogP contribution in [0.3, 0.4) is 0 Å². The van der Waals surface area contributed by atoms with Gasteiger partial charge in [-0.05, 0) is 26.4 Å². The van der Waals surface area contributed by atoms with Gasteiger partial charge in [0.25, 0.3) is 0 Å². The molecule has 1 aliphatic rings. The van der Waals surface area contributed by atoms with Crippen LogP contribution in [0.15, 0.2) is 0 Å². The van der Waals surface area contributed by atoms with E-state index < -0.39 is 11.4 Å². The molecule has 0 unspecified atom stereocenters. The fourth-order valence-electron chi connectivity index (χ4n) is 2.13. The average molecular weight is 187 g/mol. The molecule has 1 aliphatic heterocycles. The summed E-state index contributed by atoms with van der Waals surface area (Å²) in [6, 6.07) is 0. The van der Waals surface area contributed by atoms with Crippen molar-refractivity contribution in [2.24, 2.45) is 11.7 Å². The van der Waals surface area contributed by atoms with Gasteiger partial charge in [0, 0.05) is 13.9 Å². The van der Waals surface area contributed by atoms with Gasteiger partial charge in [0.1, 0.15) is 5.54 Å². The number of nitrogens with zero attached hydrogens (tertiary/aromatic N) is 1. The van der Waals surface area contributed by atoms with Crippen LogP contribution < -0.4 is 5.73 Å². The lowest BCUT2D eigenvalue weighted by Crippen LogP contribution is -2.57. The monoisotopic (exact) mass is 187 g/mol. The summed E-state index contributed by atoms with van der Waals surface area (Å²) >= 11 is 0. The maximum Gasteiger partial charge on any atom is 0.238 e. The van der Waals surface area contributed by atoms with E-state index in [0.717, 1.165) is 13.0 Å². The van der Waals surface area contributed by atoms with Crippen molar-refractivity contribution in [1.29, 1.82) is 0 Å². The Bertz CT molecular complexity index is 225. The highest BCUT2D eigenvalue weighted by molar-refractivity contribution is 5.85. The summed E-state index contributed by atoms with van der Waals surface area (Å²) in [5, 5.41) is 9.13. The van der Waals surface area contributed by atoms with Crippen molar-refractivity contribution in [1.82, 2.24) is 4.90 Å². The number of amides is 1. The number of hydrogen-bond donors (Lipinski definition) is 2. The molecule has 0 aliphatic carbocycles. The summed E-state index contributed by atoms with van der Waals surface area (Å²) in [7, 11) is 0.0628. The summed E-state index contributed by atoms with van der Waals surface area (Å²) < 4.78 is 7.35. The first-order valence-corrected chi connectivity index (χ1v) is 4.54. The molecule has 76 valence electrons. The van der Waals surface area contributed by atoms with E-state index in [2.05, 4.69) is 0 Å². The van der Waals surface area contributed by atoms with Crippen LogP contribution in [-0.2, 0) is 4.79 Å². The normalized spacial score (nSPS) is 32.9. The van der Waals surface area contributed by atoms with Gasteiger partial charge in [-0.25, -0.2) is 0 Å². The quantitative estimate of drug-likeness (QED) is 0.629. The molecule has 4 heteroatoms. The summed E-state index contributed by atoms with van der Waals surface area (Å²) in [6.45, 7) is 2.45. The number of likely N-dealkylation sites (tertiary alicyclic amines) is 1. The van der Waals surface area contributed by atoms with E-state index in [-0.39, 0.29) is 19.5 Å². The number of aliphatic hydroxyl groups excluding tert-OH is 1. The topological polar surface area (TPSA) is 66.6 Å². The van der Waals surface area contributed by atoms with E-state index in [4.69, 9.17) is 12.2 Å². The van der Waals surface area contributed by atoms with Crippen LogP contribution in [-0.4, -0.2) is 41.6 Å². The van der Waals surface area contributed by atoms with E-state index in [1.165, 1.54) is 0 Å². The van der Waals surface area contributed by atoms with Crippen LogP contribution in [0, 0.1) is 5.92 Å². The molecule has 1 rings (SSSR count). The zero-order valence-corrected chi connectivity index (χ0v) is 7.99. The van der Waals surface area contributed by atoms with Crippen molar-refractivity contribution in [2.75, 3.05) is 20.2 Å². The second-order valence-corrected chi connectivity index (χ2v) is 3.74. The van der Waals surface area contributed by atoms with Gasteiger partial charge in [0.15, 0.2) is 0 Å². The Balaban J connectivity index is 2.96. The van der Waals surface area contributed by atoms with Gasteiger partial charge in [-0.15, -0.1) is 0 Å². The fraction of sp³-hybridized carbons (Fsp3) is 0.889. The van der Waals surface area contributed by atoms with Gasteiger partial charge in [0.05, 0.1) is 0 Å². The van der Waals surface area contributed by atoms with Gasteiger partial charge in [0.2, 0.25) is 5.91 Å². The molecule has 0 aromatic carbocycles. The standard InChI is InChI=1S/C9H18N2O2/c1-7(6-12)9(8(10)13)4-3-5-11(9)2/h7,12H,3-6H2,1-2H3,(H2,10,13)/t7-,9-/m1/s1/i2D. The Kier molecular flexibility index (Phi) is 2.51. The zero-order chi connectivity index (χ0) is 10.8. The first-order chi connectivity index (χ1) is 6.59. The third kappa shape index (κ3) is 1.44. The lowest BCUT2D eigenvalue weighted by molar-refractivity contribution is -0.131. The predicted octanol–water partition coefficient (Wildman–Crippen LogP) is -0.435. The molecule has 2 atom stereocenters. The number of likely N-dealkylation sites (N-methyl/N-ethyl adjacent to an activating group) is 1. The van der Waals surface area contributed by atoms with Crippen LogP contribution in [0.25, 0.3) is 0 Å². The molecule has 1 fully saturated rings. The molecule has 0 aromatic heterocycles. The van der Waals surface area contributed by atoms with Crippen molar-refractivity contribution < 1.29 is 11.3 Å². The van der Waals surface area contributed by atoms with Crippen LogP contribution >= 0.6 is 0 Å². The molecule has 0 aromatic rings. The van der Waals surface area contributed by atoms with Crippen LogP contribution in [0.5, 0.6) is 0 Å².